The SMILES string of the molecule is CNCC1(C)CCN(Cc2cc(C)ccc2C)C1. The Balaban J connectivity index is 2.01. The van der Waals surface area contributed by atoms with E-state index in [0.29, 0.717) is 5.41 Å². The lowest BCUT2D eigenvalue weighted by Gasteiger charge is -2.24. The fraction of sp³-hybridized carbons (Fsp3) is 0.625. The van der Waals surface area contributed by atoms with Crippen molar-refractivity contribution in [1.29, 1.82) is 0 Å². The number of hydrogen-bond acceptors (Lipinski definition) is 2. The minimum atomic E-state index is 0.451. The van der Waals surface area contributed by atoms with Gasteiger partial charge in [-0.25, -0.2) is 0 Å². The first kappa shape index (κ1) is 13.6. The normalized spacial score (nSPS) is 24.7. The monoisotopic (exact) mass is 246 g/mol. The summed E-state index contributed by atoms with van der Waals surface area (Å²) in [5.74, 6) is 0. The summed E-state index contributed by atoms with van der Waals surface area (Å²) in [6, 6.07) is 6.78. The van der Waals surface area contributed by atoms with E-state index < -0.39 is 0 Å². The number of benzene rings is 1. The first-order valence-corrected chi connectivity index (χ1v) is 6.95. The van der Waals surface area contributed by atoms with Crippen LogP contribution < -0.4 is 5.32 Å². The van der Waals surface area contributed by atoms with Crippen molar-refractivity contribution in [2.45, 2.75) is 33.7 Å². The molecular formula is C16H26N2. The zero-order chi connectivity index (χ0) is 13.2. The van der Waals surface area contributed by atoms with E-state index in [9.17, 15) is 0 Å². The Morgan fingerprint density at radius 1 is 1.33 bits per heavy atom. The van der Waals surface area contributed by atoms with Crippen LogP contribution in [0.5, 0.6) is 0 Å². The first-order chi connectivity index (χ1) is 8.52. The predicted octanol–water partition coefficient (Wildman–Crippen LogP) is 2.73. The molecule has 0 aliphatic carbocycles. The van der Waals surface area contributed by atoms with Crippen molar-refractivity contribution >= 4 is 0 Å². The van der Waals surface area contributed by atoms with Crippen LogP contribution >= 0.6 is 0 Å². The van der Waals surface area contributed by atoms with Gasteiger partial charge in [0.25, 0.3) is 0 Å². The fourth-order valence-corrected chi connectivity index (χ4v) is 3.04. The maximum Gasteiger partial charge on any atom is 0.0236 e. The number of aryl methyl sites for hydroxylation is 2. The van der Waals surface area contributed by atoms with Crippen LogP contribution in [0.1, 0.15) is 30.0 Å². The van der Waals surface area contributed by atoms with Gasteiger partial charge >= 0.3 is 0 Å². The highest BCUT2D eigenvalue weighted by Crippen LogP contribution is 2.30. The van der Waals surface area contributed by atoms with Crippen LogP contribution in [0.4, 0.5) is 0 Å². The maximum atomic E-state index is 3.33. The molecule has 1 aliphatic heterocycles. The number of nitrogens with one attached hydrogen (secondary N) is 1. The standard InChI is InChI=1S/C16H26N2/c1-13-5-6-14(2)15(9-13)10-18-8-7-16(3,12-18)11-17-4/h5-6,9,17H,7-8,10-12H2,1-4H3. The highest BCUT2D eigenvalue weighted by atomic mass is 15.2. The van der Waals surface area contributed by atoms with E-state index in [2.05, 4.69) is 56.2 Å². The second-order valence-corrected chi connectivity index (χ2v) is 6.23. The number of hydrogen-bond donors (Lipinski definition) is 1. The predicted molar refractivity (Wildman–Crippen MR) is 77.8 cm³/mol. The van der Waals surface area contributed by atoms with Gasteiger partial charge in [0.05, 0.1) is 0 Å². The van der Waals surface area contributed by atoms with Gasteiger partial charge in [-0.2, -0.15) is 0 Å². The van der Waals surface area contributed by atoms with E-state index in [-0.39, 0.29) is 0 Å². The average molecular weight is 246 g/mol. The molecule has 1 fully saturated rings. The second kappa shape index (κ2) is 5.41. The number of rotatable bonds is 4. The molecule has 0 aromatic heterocycles. The Kier molecular flexibility index (Phi) is 4.08. The molecule has 0 saturated carbocycles. The third-order valence-electron chi connectivity index (χ3n) is 4.14. The molecule has 1 unspecified atom stereocenters. The van der Waals surface area contributed by atoms with Crippen molar-refractivity contribution < 1.29 is 0 Å². The summed E-state index contributed by atoms with van der Waals surface area (Å²) >= 11 is 0. The second-order valence-electron chi connectivity index (χ2n) is 6.23. The average Bonchev–Trinajstić information content (AvgIpc) is 2.66. The van der Waals surface area contributed by atoms with Crippen LogP contribution in [0.3, 0.4) is 0 Å². The molecule has 1 heterocycles. The smallest absolute Gasteiger partial charge is 0.0236 e. The molecule has 100 valence electrons. The quantitative estimate of drug-likeness (QED) is 0.879. The van der Waals surface area contributed by atoms with Crippen molar-refractivity contribution in [2.75, 3.05) is 26.7 Å². The van der Waals surface area contributed by atoms with Gasteiger partial charge in [-0.3, -0.25) is 4.90 Å². The number of likely N-dealkylation sites (tertiary alicyclic amines) is 1. The van der Waals surface area contributed by atoms with Crippen molar-refractivity contribution in [2.24, 2.45) is 5.41 Å². The Morgan fingerprint density at radius 2 is 2.11 bits per heavy atom. The van der Waals surface area contributed by atoms with Gasteiger partial charge in [-0.15, -0.1) is 0 Å². The van der Waals surface area contributed by atoms with Crippen molar-refractivity contribution in [3.63, 3.8) is 0 Å². The van der Waals surface area contributed by atoms with Gasteiger partial charge in [-0.05, 0) is 50.4 Å². The van der Waals surface area contributed by atoms with E-state index >= 15 is 0 Å². The van der Waals surface area contributed by atoms with E-state index in [1.165, 1.54) is 36.2 Å². The molecule has 2 nitrogen and oxygen atoms in total. The molecule has 0 bridgehead atoms. The van der Waals surface area contributed by atoms with E-state index in [0.717, 1.165) is 13.1 Å². The van der Waals surface area contributed by atoms with Crippen molar-refractivity contribution in [3.05, 3.63) is 34.9 Å². The Morgan fingerprint density at radius 3 is 2.83 bits per heavy atom. The van der Waals surface area contributed by atoms with Crippen LogP contribution in [0.25, 0.3) is 0 Å². The van der Waals surface area contributed by atoms with Gasteiger partial charge in [-0.1, -0.05) is 30.7 Å². The first-order valence-electron chi connectivity index (χ1n) is 6.95. The Bertz CT molecular complexity index is 414. The summed E-state index contributed by atoms with van der Waals surface area (Å²) in [5.41, 5.74) is 4.73. The summed E-state index contributed by atoms with van der Waals surface area (Å²) in [5, 5.41) is 3.33. The minimum Gasteiger partial charge on any atom is -0.319 e. The lowest BCUT2D eigenvalue weighted by molar-refractivity contribution is 0.265. The molecule has 1 aromatic rings. The maximum absolute atomic E-state index is 3.33. The summed E-state index contributed by atoms with van der Waals surface area (Å²) in [4.78, 5) is 2.60. The van der Waals surface area contributed by atoms with Crippen LogP contribution in [0.2, 0.25) is 0 Å². The van der Waals surface area contributed by atoms with E-state index in [1.807, 2.05) is 0 Å². The number of nitrogens with zero attached hydrogens (tertiary/aromatic N) is 1. The van der Waals surface area contributed by atoms with Crippen molar-refractivity contribution in [1.82, 2.24) is 10.2 Å². The zero-order valence-electron chi connectivity index (χ0n) is 12.2. The van der Waals surface area contributed by atoms with Gasteiger partial charge in [0.1, 0.15) is 0 Å². The molecule has 2 heteroatoms. The van der Waals surface area contributed by atoms with Gasteiger partial charge in [0, 0.05) is 19.6 Å². The topological polar surface area (TPSA) is 15.3 Å². The highest BCUT2D eigenvalue weighted by molar-refractivity contribution is 5.30. The van der Waals surface area contributed by atoms with Crippen molar-refractivity contribution in [3.8, 4) is 0 Å². The van der Waals surface area contributed by atoms with Gasteiger partial charge in [0.2, 0.25) is 0 Å². The molecule has 18 heavy (non-hydrogen) atoms. The van der Waals surface area contributed by atoms with Crippen LogP contribution in [0, 0.1) is 19.3 Å². The zero-order valence-corrected chi connectivity index (χ0v) is 12.2. The van der Waals surface area contributed by atoms with E-state index in [1.54, 1.807) is 0 Å². The lowest BCUT2D eigenvalue weighted by Crippen LogP contribution is -2.33. The van der Waals surface area contributed by atoms with Gasteiger partial charge in [0.15, 0.2) is 0 Å². The third-order valence-corrected chi connectivity index (χ3v) is 4.14. The largest absolute Gasteiger partial charge is 0.319 e. The van der Waals surface area contributed by atoms with E-state index in [4.69, 9.17) is 0 Å². The summed E-state index contributed by atoms with van der Waals surface area (Å²) in [7, 11) is 2.05. The molecule has 0 spiro atoms. The molecule has 1 atom stereocenters. The summed E-state index contributed by atoms with van der Waals surface area (Å²) in [6.45, 7) is 11.5. The Labute approximate surface area is 111 Å². The summed E-state index contributed by atoms with van der Waals surface area (Å²) < 4.78 is 0. The Hall–Kier alpha value is -0.860. The highest BCUT2D eigenvalue weighted by Gasteiger charge is 2.32. The molecule has 2 rings (SSSR count). The van der Waals surface area contributed by atoms with Crippen LogP contribution in [-0.4, -0.2) is 31.6 Å². The molecule has 0 radical (unpaired) electrons. The summed E-state index contributed by atoms with van der Waals surface area (Å²) in [6.07, 6.45) is 1.30. The van der Waals surface area contributed by atoms with Crippen LogP contribution in [0.15, 0.2) is 18.2 Å². The molecule has 1 saturated heterocycles. The lowest BCUT2D eigenvalue weighted by atomic mass is 9.90. The molecular weight excluding hydrogens is 220 g/mol. The molecule has 1 aromatic carbocycles. The van der Waals surface area contributed by atoms with Crippen LogP contribution in [-0.2, 0) is 6.54 Å². The third kappa shape index (κ3) is 3.12. The van der Waals surface area contributed by atoms with Gasteiger partial charge < -0.3 is 5.32 Å². The molecule has 1 aliphatic rings. The molecule has 1 N–H and O–H groups in total. The minimum absolute atomic E-state index is 0.451. The molecule has 0 amide bonds. The fourth-order valence-electron chi connectivity index (χ4n) is 3.04.